The van der Waals surface area contributed by atoms with Gasteiger partial charge in [-0.05, 0) is 6.92 Å². The number of hydrogen-bond acceptors (Lipinski definition) is 7. The van der Waals surface area contributed by atoms with E-state index in [1.54, 1.807) is 11.3 Å². The van der Waals surface area contributed by atoms with Gasteiger partial charge in [0.1, 0.15) is 11.6 Å². The molecule has 0 saturated carbocycles. The van der Waals surface area contributed by atoms with Crippen molar-refractivity contribution in [3.8, 4) is 0 Å². The number of rotatable bonds is 3. The molecule has 0 aliphatic carbocycles. The summed E-state index contributed by atoms with van der Waals surface area (Å²) in [6, 6.07) is 2.09. The van der Waals surface area contributed by atoms with Gasteiger partial charge in [0.05, 0.1) is 11.9 Å². The Morgan fingerprint density at radius 3 is 2.29 bits per heavy atom. The van der Waals surface area contributed by atoms with Crippen molar-refractivity contribution >= 4 is 27.2 Å². The van der Waals surface area contributed by atoms with E-state index in [1.807, 2.05) is 11.4 Å². The van der Waals surface area contributed by atoms with Crippen LogP contribution in [-0.2, 0) is 5.41 Å². The van der Waals surface area contributed by atoms with Crippen LogP contribution in [-0.4, -0.2) is 50.7 Å². The van der Waals surface area contributed by atoms with E-state index in [0.717, 1.165) is 59.3 Å². The number of hydrogen-bond donors (Lipinski definition) is 0. The number of imidazole rings is 1. The molecule has 1 aliphatic rings. The molecule has 150 valence electrons. The lowest BCUT2D eigenvalue weighted by Crippen LogP contribution is -2.47. The summed E-state index contributed by atoms with van der Waals surface area (Å²) < 4.78 is 1.93. The van der Waals surface area contributed by atoms with Gasteiger partial charge in [-0.25, -0.2) is 19.5 Å². The second-order valence-electron chi connectivity index (χ2n) is 8.84. The van der Waals surface area contributed by atoms with E-state index in [9.17, 15) is 0 Å². The molecule has 0 radical (unpaired) electrons. The monoisotopic (exact) mass is 399 g/mol. The normalized spacial score (nSPS) is 15.8. The summed E-state index contributed by atoms with van der Waals surface area (Å²) in [7, 11) is 0. The molecular weight excluding hydrogens is 370 g/mol. The molecule has 7 nitrogen and oxygen atoms in total. The van der Waals surface area contributed by atoms with Crippen LogP contribution in [0.25, 0.3) is 4.96 Å². The average Bonchev–Trinajstić information content (AvgIpc) is 3.20. The molecule has 0 amide bonds. The van der Waals surface area contributed by atoms with Crippen molar-refractivity contribution < 1.29 is 0 Å². The number of aromatic nitrogens is 5. The quantitative estimate of drug-likeness (QED) is 0.670. The number of nitrogens with zero attached hydrogens (tertiary/aromatic N) is 7. The highest BCUT2D eigenvalue weighted by Crippen LogP contribution is 2.28. The molecule has 0 atom stereocenters. The second kappa shape index (κ2) is 6.99. The van der Waals surface area contributed by atoms with Crippen molar-refractivity contribution in [3.05, 3.63) is 29.5 Å². The van der Waals surface area contributed by atoms with Crippen LogP contribution < -0.4 is 9.80 Å². The fourth-order valence-electron chi connectivity index (χ4n) is 3.30. The van der Waals surface area contributed by atoms with Crippen molar-refractivity contribution in [1.29, 1.82) is 0 Å². The van der Waals surface area contributed by atoms with E-state index in [1.165, 1.54) is 0 Å². The smallest absolute Gasteiger partial charge is 0.214 e. The second-order valence-corrected chi connectivity index (χ2v) is 9.78. The average molecular weight is 400 g/mol. The van der Waals surface area contributed by atoms with Gasteiger partial charge in [0.15, 0.2) is 0 Å². The number of aryl methyl sites for hydroxylation is 1. The highest BCUT2D eigenvalue weighted by molar-refractivity contribution is 7.20. The lowest BCUT2D eigenvalue weighted by atomic mass is 9.93. The van der Waals surface area contributed by atoms with E-state index in [-0.39, 0.29) is 5.41 Å². The van der Waals surface area contributed by atoms with Gasteiger partial charge in [0.2, 0.25) is 10.1 Å². The maximum Gasteiger partial charge on any atom is 0.214 e. The van der Waals surface area contributed by atoms with Gasteiger partial charge in [0.25, 0.3) is 0 Å². The maximum atomic E-state index is 4.78. The molecule has 0 spiro atoms. The Labute approximate surface area is 170 Å². The third-order valence-electron chi connectivity index (χ3n) is 5.05. The molecule has 1 saturated heterocycles. The molecule has 8 heteroatoms. The van der Waals surface area contributed by atoms with Crippen LogP contribution in [0.2, 0.25) is 0 Å². The van der Waals surface area contributed by atoms with E-state index >= 15 is 0 Å². The van der Waals surface area contributed by atoms with Crippen molar-refractivity contribution in [2.45, 2.75) is 52.9 Å². The van der Waals surface area contributed by atoms with Gasteiger partial charge in [-0.1, -0.05) is 46.0 Å². The summed E-state index contributed by atoms with van der Waals surface area (Å²) in [6.07, 6.45) is 2.06. The Morgan fingerprint density at radius 1 is 1.00 bits per heavy atom. The Bertz CT molecular complexity index is 943. The summed E-state index contributed by atoms with van der Waals surface area (Å²) in [5, 5.41) is 5.82. The van der Waals surface area contributed by atoms with Gasteiger partial charge in [-0.2, -0.15) is 0 Å². The minimum atomic E-state index is 0.0454. The molecular formula is C20H29N7S. The zero-order chi connectivity index (χ0) is 20.1. The summed E-state index contributed by atoms with van der Waals surface area (Å²) in [5.41, 5.74) is 2.17. The fraction of sp³-hybridized carbons (Fsp3) is 0.600. The van der Waals surface area contributed by atoms with Crippen LogP contribution in [0.4, 0.5) is 10.9 Å². The Hall–Kier alpha value is -2.22. The summed E-state index contributed by atoms with van der Waals surface area (Å²) in [5.74, 6) is 2.30. The maximum absolute atomic E-state index is 4.78. The van der Waals surface area contributed by atoms with Gasteiger partial charge in [0, 0.05) is 49.3 Å². The van der Waals surface area contributed by atoms with E-state index in [2.05, 4.69) is 61.7 Å². The number of anilines is 2. The molecule has 4 rings (SSSR count). The molecule has 4 heterocycles. The van der Waals surface area contributed by atoms with Crippen LogP contribution in [0.3, 0.4) is 0 Å². The van der Waals surface area contributed by atoms with Gasteiger partial charge in [-0.3, -0.25) is 0 Å². The van der Waals surface area contributed by atoms with Crippen LogP contribution in [0.1, 0.15) is 57.7 Å². The molecule has 3 aromatic heterocycles. The Morgan fingerprint density at radius 2 is 1.68 bits per heavy atom. The number of piperazine rings is 1. The molecule has 1 fully saturated rings. The molecule has 0 aromatic carbocycles. The van der Waals surface area contributed by atoms with E-state index in [0.29, 0.717) is 5.92 Å². The highest BCUT2D eigenvalue weighted by Gasteiger charge is 2.24. The largest absolute Gasteiger partial charge is 0.353 e. The van der Waals surface area contributed by atoms with Gasteiger partial charge in [-0.15, -0.1) is 5.10 Å². The van der Waals surface area contributed by atoms with Crippen molar-refractivity contribution in [3.63, 3.8) is 0 Å². The first kappa shape index (κ1) is 19.1. The standard InChI is InChI=1S/C20H29N7S/c1-13(2)17-21-14(3)11-16(23-17)25-7-9-26(10-8-25)19-24-27-12-15(20(4,5)6)22-18(27)28-19/h11-13H,7-10H2,1-6H3. The number of fused-ring (bicyclic) bond motifs is 1. The van der Waals surface area contributed by atoms with Crippen LogP contribution >= 0.6 is 11.3 Å². The first-order valence-electron chi connectivity index (χ1n) is 9.93. The van der Waals surface area contributed by atoms with Crippen molar-refractivity contribution in [2.24, 2.45) is 0 Å². The first-order valence-corrected chi connectivity index (χ1v) is 10.7. The lowest BCUT2D eigenvalue weighted by molar-refractivity contribution is 0.572. The third-order valence-corrected chi connectivity index (χ3v) is 6.03. The predicted octanol–water partition coefficient (Wildman–Crippen LogP) is 3.64. The first-order chi connectivity index (χ1) is 13.2. The highest BCUT2D eigenvalue weighted by atomic mass is 32.1. The summed E-state index contributed by atoms with van der Waals surface area (Å²) in [4.78, 5) is 19.8. The van der Waals surface area contributed by atoms with E-state index < -0.39 is 0 Å². The molecule has 1 aliphatic heterocycles. The molecule has 0 N–H and O–H groups in total. The fourth-order valence-corrected chi connectivity index (χ4v) is 4.24. The molecule has 28 heavy (non-hydrogen) atoms. The Balaban J connectivity index is 1.47. The minimum Gasteiger partial charge on any atom is -0.353 e. The lowest BCUT2D eigenvalue weighted by Gasteiger charge is -2.35. The zero-order valence-corrected chi connectivity index (χ0v) is 18.4. The SMILES string of the molecule is Cc1cc(N2CCN(c3nn4cc(C(C)(C)C)nc4s3)CC2)nc(C(C)C)n1. The minimum absolute atomic E-state index is 0.0454. The Kier molecular flexibility index (Phi) is 4.77. The topological polar surface area (TPSA) is 62.5 Å². The summed E-state index contributed by atoms with van der Waals surface area (Å²) >= 11 is 1.67. The van der Waals surface area contributed by atoms with Crippen molar-refractivity contribution in [1.82, 2.24) is 24.6 Å². The van der Waals surface area contributed by atoms with Gasteiger partial charge >= 0.3 is 0 Å². The third kappa shape index (κ3) is 3.70. The van der Waals surface area contributed by atoms with Crippen molar-refractivity contribution in [2.75, 3.05) is 36.0 Å². The van der Waals surface area contributed by atoms with E-state index in [4.69, 9.17) is 15.1 Å². The summed E-state index contributed by atoms with van der Waals surface area (Å²) in [6.45, 7) is 16.6. The van der Waals surface area contributed by atoms with Crippen LogP contribution in [0.5, 0.6) is 0 Å². The van der Waals surface area contributed by atoms with Gasteiger partial charge < -0.3 is 9.80 Å². The predicted molar refractivity (Wildman–Crippen MR) is 115 cm³/mol. The molecule has 3 aromatic rings. The molecule has 0 unspecified atom stereocenters. The zero-order valence-electron chi connectivity index (χ0n) is 17.6. The van der Waals surface area contributed by atoms with Crippen LogP contribution in [0.15, 0.2) is 12.3 Å². The van der Waals surface area contributed by atoms with Crippen LogP contribution in [0, 0.1) is 6.92 Å². The molecule has 0 bridgehead atoms.